The molecule has 5 heterocycles. The Morgan fingerprint density at radius 1 is 1.11 bits per heavy atom. The summed E-state index contributed by atoms with van der Waals surface area (Å²) in [7, 11) is -3.14. The maximum absolute atomic E-state index is 14.3. The summed E-state index contributed by atoms with van der Waals surface area (Å²) in [6.07, 6.45) is 1.99. The molecule has 0 aliphatic carbocycles. The van der Waals surface area contributed by atoms with E-state index in [1.807, 2.05) is 11.8 Å². The van der Waals surface area contributed by atoms with Gasteiger partial charge in [-0.1, -0.05) is 12.1 Å². The van der Waals surface area contributed by atoms with Crippen molar-refractivity contribution in [2.75, 3.05) is 42.6 Å². The van der Waals surface area contributed by atoms with E-state index in [4.69, 9.17) is 9.40 Å². The van der Waals surface area contributed by atoms with Gasteiger partial charge >= 0.3 is 0 Å². The van der Waals surface area contributed by atoms with Gasteiger partial charge in [-0.25, -0.2) is 22.5 Å². The van der Waals surface area contributed by atoms with Gasteiger partial charge in [0.05, 0.1) is 46.1 Å². The third kappa shape index (κ3) is 4.26. The number of furan rings is 1. The van der Waals surface area contributed by atoms with Crippen LogP contribution in [0.2, 0.25) is 0 Å². The average Bonchev–Trinajstić information content (AvgIpc) is 3.63. The van der Waals surface area contributed by atoms with E-state index in [9.17, 15) is 17.6 Å². The number of amides is 1. The second kappa shape index (κ2) is 8.98. The van der Waals surface area contributed by atoms with Crippen LogP contribution in [0.25, 0.3) is 22.5 Å². The third-order valence-electron chi connectivity index (χ3n) is 7.16. The fraction of sp³-hybridized carbons (Fsp3) is 0.346. The van der Waals surface area contributed by atoms with Crippen molar-refractivity contribution in [3.8, 4) is 11.5 Å². The number of carbonyl (C=O) groups excluding carboxylic acids is 1. The van der Waals surface area contributed by atoms with Crippen LogP contribution in [0.1, 0.15) is 28.5 Å². The van der Waals surface area contributed by atoms with Crippen molar-refractivity contribution >= 4 is 32.5 Å². The van der Waals surface area contributed by atoms with Gasteiger partial charge in [-0.2, -0.15) is 5.10 Å². The summed E-state index contributed by atoms with van der Waals surface area (Å²) >= 11 is 0. The number of halogens is 1. The molecule has 1 atom stereocenters. The average molecular weight is 524 g/mol. The van der Waals surface area contributed by atoms with E-state index in [2.05, 4.69) is 5.10 Å². The maximum atomic E-state index is 14.3. The number of sulfone groups is 1. The molecule has 2 aliphatic heterocycles. The normalized spacial score (nSPS) is 19.6. The molecule has 2 aliphatic rings. The van der Waals surface area contributed by atoms with Crippen LogP contribution in [-0.4, -0.2) is 71.7 Å². The Labute approximate surface area is 213 Å². The van der Waals surface area contributed by atoms with Crippen LogP contribution in [0, 0.1) is 12.7 Å². The molecule has 0 bridgehead atoms. The summed E-state index contributed by atoms with van der Waals surface area (Å²) in [5, 5.41) is 5.26. The first-order chi connectivity index (χ1) is 17.8. The highest BCUT2D eigenvalue weighted by Crippen LogP contribution is 2.33. The van der Waals surface area contributed by atoms with Gasteiger partial charge in [0.25, 0.3) is 5.91 Å². The second-order valence-corrected chi connectivity index (χ2v) is 11.8. The molecule has 9 nitrogen and oxygen atoms in total. The topological polar surface area (TPSA) is 102 Å². The van der Waals surface area contributed by atoms with E-state index in [1.165, 1.54) is 12.3 Å². The molecule has 1 aromatic carbocycles. The number of anilines is 1. The van der Waals surface area contributed by atoms with Crippen molar-refractivity contribution in [2.24, 2.45) is 0 Å². The minimum absolute atomic E-state index is 0.00281. The monoisotopic (exact) mass is 523 g/mol. The molecule has 3 aromatic heterocycles. The molecule has 0 spiro atoms. The third-order valence-corrected chi connectivity index (χ3v) is 8.91. The number of pyridine rings is 1. The van der Waals surface area contributed by atoms with Crippen LogP contribution < -0.4 is 4.90 Å². The molecular weight excluding hydrogens is 497 g/mol. The number of rotatable bonds is 4. The van der Waals surface area contributed by atoms with Crippen LogP contribution >= 0.6 is 0 Å². The molecule has 37 heavy (non-hydrogen) atoms. The molecule has 192 valence electrons. The lowest BCUT2D eigenvalue weighted by atomic mass is 10.1. The van der Waals surface area contributed by atoms with Crippen molar-refractivity contribution in [1.29, 1.82) is 0 Å². The predicted octanol–water partition coefficient (Wildman–Crippen LogP) is 3.46. The Morgan fingerprint density at radius 2 is 1.89 bits per heavy atom. The molecule has 2 saturated heterocycles. The number of benzene rings is 1. The van der Waals surface area contributed by atoms with E-state index in [1.54, 1.807) is 46.0 Å². The number of carbonyl (C=O) groups is 1. The number of para-hydroxylation sites is 1. The van der Waals surface area contributed by atoms with Crippen LogP contribution in [0.4, 0.5) is 10.1 Å². The van der Waals surface area contributed by atoms with Gasteiger partial charge in [0.2, 0.25) is 0 Å². The van der Waals surface area contributed by atoms with E-state index in [0.29, 0.717) is 72.0 Å². The van der Waals surface area contributed by atoms with Crippen molar-refractivity contribution < 1.29 is 22.0 Å². The summed E-state index contributed by atoms with van der Waals surface area (Å²) in [5.74, 6) is 0.156. The highest BCUT2D eigenvalue weighted by Gasteiger charge is 2.33. The molecular formula is C26H26FN5O4S. The van der Waals surface area contributed by atoms with Crippen LogP contribution in [0.5, 0.6) is 0 Å². The number of piperazine rings is 1. The van der Waals surface area contributed by atoms with Gasteiger partial charge < -0.3 is 14.2 Å². The summed E-state index contributed by atoms with van der Waals surface area (Å²) in [6, 6.07) is 11.5. The largest absolute Gasteiger partial charge is 0.463 e. The second-order valence-electron chi connectivity index (χ2n) is 9.55. The van der Waals surface area contributed by atoms with E-state index in [-0.39, 0.29) is 29.3 Å². The number of fused-ring (bicyclic) bond motifs is 1. The fourth-order valence-corrected chi connectivity index (χ4v) is 6.98. The first-order valence-electron chi connectivity index (χ1n) is 12.2. The summed E-state index contributed by atoms with van der Waals surface area (Å²) < 4.78 is 45.9. The number of aromatic nitrogens is 3. The number of nitrogens with zero attached hydrogens (tertiary/aromatic N) is 5. The zero-order chi connectivity index (χ0) is 25.7. The molecule has 0 radical (unpaired) electrons. The molecule has 6 rings (SSSR count). The highest BCUT2D eigenvalue weighted by atomic mass is 32.2. The highest BCUT2D eigenvalue weighted by molar-refractivity contribution is 7.91. The first kappa shape index (κ1) is 23.7. The molecule has 0 saturated carbocycles. The van der Waals surface area contributed by atoms with E-state index in [0.717, 1.165) is 0 Å². The van der Waals surface area contributed by atoms with Gasteiger partial charge in [0.1, 0.15) is 11.5 Å². The first-order valence-corrected chi connectivity index (χ1v) is 14.1. The molecule has 0 N–H and O–H groups in total. The lowest BCUT2D eigenvalue weighted by molar-refractivity contribution is 0.0748. The van der Waals surface area contributed by atoms with E-state index < -0.39 is 9.84 Å². The minimum Gasteiger partial charge on any atom is -0.463 e. The molecule has 1 unspecified atom stereocenters. The predicted molar refractivity (Wildman–Crippen MR) is 137 cm³/mol. The molecule has 11 heteroatoms. The van der Waals surface area contributed by atoms with Crippen molar-refractivity contribution in [2.45, 2.75) is 19.4 Å². The quantitative estimate of drug-likeness (QED) is 0.404. The Balaban J connectivity index is 1.37. The smallest absolute Gasteiger partial charge is 0.254 e. The van der Waals surface area contributed by atoms with Gasteiger partial charge in [-0.05, 0) is 43.7 Å². The lowest BCUT2D eigenvalue weighted by Gasteiger charge is -2.36. The Kier molecular flexibility index (Phi) is 5.74. The van der Waals surface area contributed by atoms with Crippen LogP contribution in [0.3, 0.4) is 0 Å². The SMILES string of the molecule is Cc1nn(C2CCS(=O)(=O)C2)c2nc(-c3ccco3)cc(C(=O)N3CCN(c4ccccc4F)CC3)c12. The van der Waals surface area contributed by atoms with Crippen molar-refractivity contribution in [3.05, 3.63) is 65.8 Å². The summed E-state index contributed by atoms with van der Waals surface area (Å²) in [4.78, 5) is 22.3. The maximum Gasteiger partial charge on any atom is 0.254 e. The van der Waals surface area contributed by atoms with Crippen molar-refractivity contribution in [1.82, 2.24) is 19.7 Å². The number of hydrogen-bond acceptors (Lipinski definition) is 7. The fourth-order valence-electron chi connectivity index (χ4n) is 5.28. The van der Waals surface area contributed by atoms with Gasteiger partial charge in [-0.3, -0.25) is 4.79 Å². The Bertz CT molecular complexity index is 1590. The zero-order valence-corrected chi connectivity index (χ0v) is 21.1. The minimum atomic E-state index is -3.14. The Hall–Kier alpha value is -3.73. The van der Waals surface area contributed by atoms with Crippen LogP contribution in [-0.2, 0) is 9.84 Å². The molecule has 2 fully saturated rings. The summed E-state index contributed by atoms with van der Waals surface area (Å²) in [6.45, 7) is 3.68. The van der Waals surface area contributed by atoms with Gasteiger partial charge in [0, 0.05) is 26.2 Å². The van der Waals surface area contributed by atoms with E-state index >= 15 is 0 Å². The Morgan fingerprint density at radius 3 is 2.57 bits per heavy atom. The van der Waals surface area contributed by atoms with Gasteiger partial charge in [0.15, 0.2) is 21.2 Å². The summed E-state index contributed by atoms with van der Waals surface area (Å²) in [5.41, 5.74) is 2.55. The standard InChI is InChI=1S/C26H26FN5O4S/c1-17-24-19(26(33)31-11-9-30(10-12-31)22-6-3-2-5-20(22)27)15-21(23-7-4-13-36-23)28-25(24)32(29-17)18-8-14-37(34,35)16-18/h2-7,13,15,18H,8-12,14,16H2,1H3. The molecule has 4 aromatic rings. The number of hydrogen-bond donors (Lipinski definition) is 0. The zero-order valence-electron chi connectivity index (χ0n) is 20.3. The van der Waals surface area contributed by atoms with Gasteiger partial charge in [-0.15, -0.1) is 0 Å². The lowest BCUT2D eigenvalue weighted by Crippen LogP contribution is -2.49. The molecule has 1 amide bonds. The van der Waals surface area contributed by atoms with Crippen molar-refractivity contribution in [3.63, 3.8) is 0 Å². The van der Waals surface area contributed by atoms with Crippen LogP contribution in [0.15, 0.2) is 53.1 Å². The number of aryl methyl sites for hydroxylation is 1.